The molecule has 26 heavy (non-hydrogen) atoms. The number of carbonyl (C=O) groups is 2. The number of hydrogen-bond acceptors (Lipinski definition) is 3. The maximum absolute atomic E-state index is 12.5. The highest BCUT2D eigenvalue weighted by Gasteiger charge is 2.52. The number of hydrogen-bond donors (Lipinski definition) is 1. The summed E-state index contributed by atoms with van der Waals surface area (Å²) >= 11 is 0. The molecule has 1 aliphatic carbocycles. The summed E-state index contributed by atoms with van der Waals surface area (Å²) in [4.78, 5) is 26.8. The van der Waals surface area contributed by atoms with Crippen LogP contribution in [-0.2, 0) is 16.1 Å². The number of nitrogens with zero attached hydrogens (tertiary/aromatic N) is 1. The molecule has 1 spiro atoms. The molecule has 3 aliphatic rings. The molecule has 2 heterocycles. The molecule has 0 bridgehead atoms. The highest BCUT2D eigenvalue weighted by Crippen LogP contribution is 2.49. The summed E-state index contributed by atoms with van der Waals surface area (Å²) in [5.74, 6) is 0.807. The monoisotopic (exact) mass is 356 g/mol. The fourth-order valence-corrected chi connectivity index (χ4v) is 5.32. The molecule has 3 atom stereocenters. The highest BCUT2D eigenvalue weighted by atomic mass is 16.6. The van der Waals surface area contributed by atoms with Crippen LogP contribution in [-0.4, -0.2) is 35.1 Å². The van der Waals surface area contributed by atoms with E-state index in [2.05, 4.69) is 10.2 Å². The van der Waals surface area contributed by atoms with Crippen molar-refractivity contribution in [3.8, 4) is 0 Å². The lowest BCUT2D eigenvalue weighted by molar-refractivity contribution is -0.138. The van der Waals surface area contributed by atoms with Gasteiger partial charge >= 0.3 is 6.09 Å². The van der Waals surface area contributed by atoms with Crippen LogP contribution in [0, 0.1) is 5.92 Å². The topological polar surface area (TPSA) is 58.6 Å². The molecule has 1 aromatic carbocycles. The molecule has 0 radical (unpaired) electrons. The van der Waals surface area contributed by atoms with Crippen LogP contribution in [0.15, 0.2) is 30.3 Å². The van der Waals surface area contributed by atoms with Crippen LogP contribution >= 0.6 is 0 Å². The Kier molecular flexibility index (Phi) is 4.88. The van der Waals surface area contributed by atoms with Gasteiger partial charge in [-0.05, 0) is 56.4 Å². The van der Waals surface area contributed by atoms with Crippen molar-refractivity contribution in [1.29, 1.82) is 0 Å². The molecular weight excluding hydrogens is 328 g/mol. The first-order chi connectivity index (χ1) is 12.7. The third-order valence-electron chi connectivity index (χ3n) is 6.53. The van der Waals surface area contributed by atoms with Gasteiger partial charge < -0.3 is 15.0 Å². The van der Waals surface area contributed by atoms with E-state index in [9.17, 15) is 9.59 Å². The summed E-state index contributed by atoms with van der Waals surface area (Å²) in [6, 6.07) is 9.86. The molecule has 0 unspecified atom stereocenters. The van der Waals surface area contributed by atoms with E-state index in [1.54, 1.807) is 0 Å². The van der Waals surface area contributed by atoms with Crippen molar-refractivity contribution < 1.29 is 14.3 Å². The molecule has 140 valence electrons. The number of amides is 2. The molecule has 1 N–H and O–H groups in total. The van der Waals surface area contributed by atoms with Crippen LogP contribution in [0.4, 0.5) is 4.79 Å². The Morgan fingerprint density at radius 3 is 2.88 bits per heavy atom. The van der Waals surface area contributed by atoms with Gasteiger partial charge in [0, 0.05) is 25.0 Å². The third-order valence-corrected chi connectivity index (χ3v) is 6.53. The van der Waals surface area contributed by atoms with Crippen molar-refractivity contribution in [3.05, 3.63) is 35.9 Å². The summed E-state index contributed by atoms with van der Waals surface area (Å²) in [6.45, 7) is 1.40. The third kappa shape index (κ3) is 3.31. The van der Waals surface area contributed by atoms with Gasteiger partial charge in [-0.25, -0.2) is 4.79 Å². The minimum absolute atomic E-state index is 0.0305. The Morgan fingerprint density at radius 2 is 2.04 bits per heavy atom. The van der Waals surface area contributed by atoms with Crippen LogP contribution in [0.2, 0.25) is 0 Å². The fraction of sp³-hybridized carbons (Fsp3) is 0.619. The number of ether oxygens (including phenoxy) is 1. The smallest absolute Gasteiger partial charge is 0.407 e. The van der Waals surface area contributed by atoms with E-state index in [4.69, 9.17) is 4.74 Å². The van der Waals surface area contributed by atoms with E-state index in [1.165, 1.54) is 0 Å². The largest absolute Gasteiger partial charge is 0.446 e. The normalized spacial score (nSPS) is 30.9. The Hall–Kier alpha value is -2.04. The molecule has 0 aromatic heterocycles. The number of nitrogens with one attached hydrogen (secondary N) is 1. The van der Waals surface area contributed by atoms with E-state index in [1.807, 2.05) is 30.3 Å². The molecule has 2 aliphatic heterocycles. The predicted octanol–water partition coefficient (Wildman–Crippen LogP) is 3.63. The zero-order chi connectivity index (χ0) is 18.0. The molecule has 5 nitrogen and oxygen atoms in total. The average Bonchev–Trinajstić information content (AvgIpc) is 3.03. The van der Waals surface area contributed by atoms with Gasteiger partial charge in [0.25, 0.3) is 0 Å². The number of benzene rings is 1. The molecule has 1 aromatic rings. The van der Waals surface area contributed by atoms with Crippen molar-refractivity contribution in [2.24, 2.45) is 5.92 Å². The minimum Gasteiger partial charge on any atom is -0.446 e. The Labute approximate surface area is 155 Å². The van der Waals surface area contributed by atoms with Gasteiger partial charge in [0.1, 0.15) is 6.10 Å². The van der Waals surface area contributed by atoms with Gasteiger partial charge in [0.05, 0.1) is 0 Å². The summed E-state index contributed by atoms with van der Waals surface area (Å²) in [5.41, 5.74) is 1.12. The molecule has 4 rings (SSSR count). The fourth-order valence-electron chi connectivity index (χ4n) is 5.32. The predicted molar refractivity (Wildman–Crippen MR) is 98.4 cm³/mol. The van der Waals surface area contributed by atoms with Crippen molar-refractivity contribution in [2.45, 2.75) is 69.6 Å². The Bertz CT molecular complexity index is 662. The maximum Gasteiger partial charge on any atom is 0.407 e. The number of alkyl carbamates (subject to hydrolysis) is 1. The summed E-state index contributed by atoms with van der Waals surface area (Å²) < 4.78 is 5.72. The van der Waals surface area contributed by atoms with Gasteiger partial charge in [-0.2, -0.15) is 0 Å². The first kappa shape index (κ1) is 17.4. The van der Waals surface area contributed by atoms with E-state index < -0.39 is 0 Å². The summed E-state index contributed by atoms with van der Waals surface area (Å²) in [6.07, 6.45) is 7.33. The van der Waals surface area contributed by atoms with E-state index in [0.717, 1.165) is 57.1 Å². The molecule has 3 fully saturated rings. The quantitative estimate of drug-likeness (QED) is 0.900. The van der Waals surface area contributed by atoms with Crippen LogP contribution in [0.3, 0.4) is 0 Å². The Balaban J connectivity index is 1.34. The van der Waals surface area contributed by atoms with Gasteiger partial charge in [0.2, 0.25) is 5.91 Å². The lowest BCUT2D eigenvalue weighted by Crippen LogP contribution is -2.54. The van der Waals surface area contributed by atoms with E-state index >= 15 is 0 Å². The second-order valence-corrected chi connectivity index (χ2v) is 7.98. The molecule has 2 saturated heterocycles. The second-order valence-electron chi connectivity index (χ2n) is 7.98. The number of rotatable bonds is 3. The van der Waals surface area contributed by atoms with Gasteiger partial charge in [-0.1, -0.05) is 30.3 Å². The zero-order valence-corrected chi connectivity index (χ0v) is 15.3. The zero-order valence-electron chi connectivity index (χ0n) is 15.3. The first-order valence-corrected chi connectivity index (χ1v) is 9.96. The SMILES string of the molecule is O=C(NCc1ccccc1)O[C@H]1CC[C@@]23CCCN2C(=O)CCC[C@H]3C1. The highest BCUT2D eigenvalue weighted by molar-refractivity contribution is 5.78. The average molecular weight is 356 g/mol. The van der Waals surface area contributed by atoms with Crippen LogP contribution in [0.1, 0.15) is 56.9 Å². The van der Waals surface area contributed by atoms with Crippen molar-refractivity contribution in [1.82, 2.24) is 10.2 Å². The molecule has 2 amide bonds. The van der Waals surface area contributed by atoms with Crippen LogP contribution in [0.25, 0.3) is 0 Å². The maximum atomic E-state index is 12.5. The second kappa shape index (κ2) is 7.29. The van der Waals surface area contributed by atoms with Crippen molar-refractivity contribution in [3.63, 3.8) is 0 Å². The molecule has 5 heteroatoms. The van der Waals surface area contributed by atoms with E-state index in [-0.39, 0.29) is 17.7 Å². The molecule has 1 saturated carbocycles. The Morgan fingerprint density at radius 1 is 1.19 bits per heavy atom. The first-order valence-electron chi connectivity index (χ1n) is 9.96. The lowest BCUT2D eigenvalue weighted by Gasteiger charge is -2.48. The van der Waals surface area contributed by atoms with Gasteiger partial charge in [-0.3, -0.25) is 4.79 Å². The standard InChI is InChI=1S/C21H28N2O3/c24-19-9-4-8-17-14-18(10-12-21(17)11-5-13-23(19)21)26-20(25)22-15-16-6-2-1-3-7-16/h1-3,6-7,17-18H,4-5,8-15H2,(H,22,25)/t17-,18-,21+/m0/s1. The van der Waals surface area contributed by atoms with Crippen LogP contribution < -0.4 is 5.32 Å². The van der Waals surface area contributed by atoms with Gasteiger partial charge in [0.15, 0.2) is 0 Å². The van der Waals surface area contributed by atoms with E-state index in [0.29, 0.717) is 24.8 Å². The van der Waals surface area contributed by atoms with Gasteiger partial charge in [-0.15, -0.1) is 0 Å². The van der Waals surface area contributed by atoms with Crippen LogP contribution in [0.5, 0.6) is 0 Å². The summed E-state index contributed by atoms with van der Waals surface area (Å²) in [7, 11) is 0. The molecular formula is C21H28N2O3. The number of carbonyl (C=O) groups excluding carboxylic acids is 2. The summed E-state index contributed by atoms with van der Waals surface area (Å²) in [5, 5.41) is 2.86. The lowest BCUT2D eigenvalue weighted by atomic mass is 9.69. The van der Waals surface area contributed by atoms with Crippen molar-refractivity contribution in [2.75, 3.05) is 6.54 Å². The minimum atomic E-state index is -0.331. The van der Waals surface area contributed by atoms with Crippen molar-refractivity contribution >= 4 is 12.0 Å².